The van der Waals surface area contributed by atoms with Crippen LogP contribution in [0.15, 0.2) is 12.7 Å². The molecule has 10 unspecified atom stereocenters. The fourth-order valence-electron chi connectivity index (χ4n) is 4.15. The maximum absolute atomic E-state index is 10.3. The number of nitrogens with one attached hydrogen (secondary N) is 1. The van der Waals surface area contributed by atoms with Crippen LogP contribution in [-0.4, -0.2) is 130 Å². The molecule has 4 heterocycles. The highest BCUT2D eigenvalue weighted by molar-refractivity contribution is 5.82. The average molecular weight is 501 g/mol. The number of hydrogen-bond donors (Lipinski definition) is 8. The molecule has 0 radical (unpaired) electrons. The van der Waals surface area contributed by atoms with Gasteiger partial charge in [-0.3, -0.25) is 4.57 Å². The van der Waals surface area contributed by atoms with Crippen molar-refractivity contribution in [2.45, 2.75) is 74.7 Å². The molecular weight excluding hydrogens is 470 g/mol. The first-order chi connectivity index (χ1) is 16.8. The number of nitrogens with zero attached hydrogens (tertiary/aromatic N) is 4. The number of aliphatic hydroxyl groups is 7. The van der Waals surface area contributed by atoms with Crippen molar-refractivity contribution in [3.63, 3.8) is 0 Å². The predicted molar refractivity (Wildman–Crippen MR) is 116 cm³/mol. The zero-order valence-electron chi connectivity index (χ0n) is 18.9. The lowest BCUT2D eigenvalue weighted by molar-refractivity contribution is -0.310. The third-order valence-corrected chi connectivity index (χ3v) is 6.21. The summed E-state index contributed by atoms with van der Waals surface area (Å²) in [7, 11) is 0. The summed E-state index contributed by atoms with van der Waals surface area (Å²) < 4.78 is 18.0. The van der Waals surface area contributed by atoms with E-state index in [1.165, 1.54) is 17.2 Å². The Hall–Kier alpha value is -2.05. The second-order valence-electron chi connectivity index (χ2n) is 8.63. The molecule has 0 aromatic carbocycles. The Morgan fingerprint density at radius 1 is 0.943 bits per heavy atom. The molecule has 0 saturated carbocycles. The highest BCUT2D eigenvalue weighted by atomic mass is 16.7. The van der Waals surface area contributed by atoms with Crippen LogP contribution in [-0.2, 0) is 14.2 Å². The number of ether oxygens (including phenoxy) is 3. The van der Waals surface area contributed by atoms with Crippen LogP contribution in [0, 0.1) is 0 Å². The Morgan fingerprint density at radius 2 is 1.63 bits per heavy atom. The number of imidazole rings is 1. The third kappa shape index (κ3) is 5.10. The van der Waals surface area contributed by atoms with E-state index in [0.717, 1.165) is 0 Å². The standard InChI is InChI=1S/C20H31N5O10/c1-8(33-20-16(32)14(30)12(28)10(5-27)35-20)2-3-21-17-11-18(23-6-22-17)25(7-24-11)19-15(31)13(29)9(4-26)34-19/h6-10,12-16,19-20,26-32H,2-5H2,1H3,(H,21,22,23). The molecule has 2 aliphatic rings. The van der Waals surface area contributed by atoms with Crippen molar-refractivity contribution in [1.82, 2.24) is 19.5 Å². The molecular formula is C20H31N5O10. The van der Waals surface area contributed by atoms with Gasteiger partial charge in [0.25, 0.3) is 0 Å². The molecule has 2 aromatic heterocycles. The Morgan fingerprint density at radius 3 is 2.31 bits per heavy atom. The highest BCUT2D eigenvalue weighted by Gasteiger charge is 2.45. The summed E-state index contributed by atoms with van der Waals surface area (Å²) in [4.78, 5) is 12.7. The lowest BCUT2D eigenvalue weighted by Gasteiger charge is -2.40. The summed E-state index contributed by atoms with van der Waals surface area (Å²) in [5.41, 5.74) is 0.746. The van der Waals surface area contributed by atoms with Crippen LogP contribution in [0.25, 0.3) is 11.2 Å². The minimum atomic E-state index is -1.52. The fraction of sp³-hybridized carbons (Fsp3) is 0.750. The molecule has 2 fully saturated rings. The Balaban J connectivity index is 1.36. The summed E-state index contributed by atoms with van der Waals surface area (Å²) in [6, 6.07) is 0. The van der Waals surface area contributed by atoms with Crippen molar-refractivity contribution < 1.29 is 50.0 Å². The van der Waals surface area contributed by atoms with Gasteiger partial charge < -0.3 is 55.3 Å². The van der Waals surface area contributed by atoms with E-state index in [-0.39, 0.29) is 0 Å². The van der Waals surface area contributed by atoms with Gasteiger partial charge in [-0.25, -0.2) is 15.0 Å². The van der Waals surface area contributed by atoms with E-state index in [9.17, 15) is 35.7 Å². The van der Waals surface area contributed by atoms with Crippen LogP contribution in [0.3, 0.4) is 0 Å². The number of rotatable bonds is 9. The Labute approximate surface area is 199 Å². The van der Waals surface area contributed by atoms with Crippen LogP contribution in [0.1, 0.15) is 19.6 Å². The minimum Gasteiger partial charge on any atom is -0.394 e. The monoisotopic (exact) mass is 501 g/mol. The second kappa shape index (κ2) is 10.9. The first-order valence-electron chi connectivity index (χ1n) is 11.3. The number of aromatic nitrogens is 4. The number of anilines is 1. The fourth-order valence-corrected chi connectivity index (χ4v) is 4.15. The first kappa shape index (κ1) is 26.0. The average Bonchev–Trinajstić information content (AvgIpc) is 3.40. The summed E-state index contributed by atoms with van der Waals surface area (Å²) in [5.74, 6) is 0.403. The van der Waals surface area contributed by atoms with Gasteiger partial charge in [0, 0.05) is 6.54 Å². The quantitative estimate of drug-likeness (QED) is 0.166. The van der Waals surface area contributed by atoms with Gasteiger partial charge in [0.2, 0.25) is 0 Å². The molecule has 2 aliphatic heterocycles. The molecule has 0 bridgehead atoms. The van der Waals surface area contributed by atoms with Crippen LogP contribution in [0.5, 0.6) is 0 Å². The molecule has 8 N–H and O–H groups in total. The van der Waals surface area contributed by atoms with Gasteiger partial charge in [-0.2, -0.15) is 0 Å². The van der Waals surface area contributed by atoms with E-state index >= 15 is 0 Å². The Bertz CT molecular complexity index is 979. The van der Waals surface area contributed by atoms with Crippen LogP contribution < -0.4 is 5.32 Å². The summed E-state index contributed by atoms with van der Waals surface area (Å²) >= 11 is 0. The van der Waals surface area contributed by atoms with Crippen LogP contribution in [0.2, 0.25) is 0 Å². The van der Waals surface area contributed by atoms with Crippen LogP contribution in [0.4, 0.5) is 5.82 Å². The molecule has 35 heavy (non-hydrogen) atoms. The molecule has 15 nitrogen and oxygen atoms in total. The summed E-state index contributed by atoms with van der Waals surface area (Å²) in [5, 5.41) is 71.9. The normalized spacial score (nSPS) is 36.5. The third-order valence-electron chi connectivity index (χ3n) is 6.21. The molecule has 2 saturated heterocycles. The smallest absolute Gasteiger partial charge is 0.186 e. The number of hydrogen-bond acceptors (Lipinski definition) is 14. The van der Waals surface area contributed by atoms with E-state index in [4.69, 9.17) is 14.2 Å². The largest absolute Gasteiger partial charge is 0.394 e. The van der Waals surface area contributed by atoms with Gasteiger partial charge >= 0.3 is 0 Å². The molecule has 10 atom stereocenters. The first-order valence-corrected chi connectivity index (χ1v) is 11.3. The van der Waals surface area contributed by atoms with Crippen molar-refractivity contribution >= 4 is 17.0 Å². The van der Waals surface area contributed by atoms with Crippen molar-refractivity contribution in [1.29, 1.82) is 0 Å². The van der Waals surface area contributed by atoms with E-state index < -0.39 is 74.6 Å². The molecule has 0 aliphatic carbocycles. The predicted octanol–water partition coefficient (Wildman–Crippen LogP) is -3.56. The molecule has 2 aromatic rings. The van der Waals surface area contributed by atoms with E-state index in [2.05, 4.69) is 20.3 Å². The summed E-state index contributed by atoms with van der Waals surface area (Å²) in [6.45, 7) is 1.10. The lowest BCUT2D eigenvalue weighted by Crippen LogP contribution is -2.59. The van der Waals surface area contributed by atoms with E-state index in [1.54, 1.807) is 6.92 Å². The SMILES string of the molecule is CC(CCNc1ncnc2c1ncn2C1OC(CO)C(O)C1O)OC1OC(CO)C(O)C(O)C1O. The van der Waals surface area contributed by atoms with E-state index in [1.807, 2.05) is 0 Å². The van der Waals surface area contributed by atoms with Gasteiger partial charge in [0.05, 0.1) is 25.6 Å². The topological polar surface area (TPSA) is 225 Å². The van der Waals surface area contributed by atoms with Crippen molar-refractivity contribution in [3.05, 3.63) is 12.7 Å². The van der Waals surface area contributed by atoms with Gasteiger partial charge in [0.1, 0.15) is 49.1 Å². The van der Waals surface area contributed by atoms with Crippen molar-refractivity contribution in [2.24, 2.45) is 0 Å². The number of fused-ring (bicyclic) bond motifs is 1. The Kier molecular flexibility index (Phi) is 8.12. The zero-order valence-corrected chi connectivity index (χ0v) is 18.9. The van der Waals surface area contributed by atoms with Gasteiger partial charge in [-0.15, -0.1) is 0 Å². The zero-order chi connectivity index (χ0) is 25.3. The molecule has 0 spiro atoms. The maximum atomic E-state index is 10.3. The highest BCUT2D eigenvalue weighted by Crippen LogP contribution is 2.32. The van der Waals surface area contributed by atoms with Gasteiger partial charge in [-0.05, 0) is 13.3 Å². The minimum absolute atomic E-state index is 0.350. The molecule has 196 valence electrons. The van der Waals surface area contributed by atoms with Crippen LogP contribution >= 0.6 is 0 Å². The lowest BCUT2D eigenvalue weighted by atomic mass is 9.99. The van der Waals surface area contributed by atoms with Crippen molar-refractivity contribution in [2.75, 3.05) is 25.1 Å². The number of aliphatic hydroxyl groups excluding tert-OH is 7. The van der Waals surface area contributed by atoms with Crippen molar-refractivity contribution in [3.8, 4) is 0 Å². The summed E-state index contributed by atoms with van der Waals surface area (Å²) in [6.07, 6.45) is -8.51. The van der Waals surface area contributed by atoms with E-state index in [0.29, 0.717) is 29.9 Å². The van der Waals surface area contributed by atoms with Gasteiger partial charge in [-0.1, -0.05) is 0 Å². The molecule has 0 amide bonds. The molecule has 4 rings (SSSR count). The van der Waals surface area contributed by atoms with Gasteiger partial charge in [0.15, 0.2) is 29.5 Å². The second-order valence-corrected chi connectivity index (χ2v) is 8.63. The maximum Gasteiger partial charge on any atom is 0.186 e. The molecule has 15 heteroatoms.